The zero-order valence-electron chi connectivity index (χ0n) is 11.9. The zero-order chi connectivity index (χ0) is 12.4. The topological polar surface area (TPSA) is 29.3 Å². The summed E-state index contributed by atoms with van der Waals surface area (Å²) >= 11 is 0. The summed E-state index contributed by atoms with van der Waals surface area (Å²) in [5.74, 6) is 0. The molecule has 0 saturated heterocycles. The number of hydrogen-bond acceptors (Lipinski definition) is 2. The van der Waals surface area contributed by atoms with Crippen molar-refractivity contribution in [2.75, 3.05) is 26.2 Å². The molecule has 2 nitrogen and oxygen atoms in total. The van der Waals surface area contributed by atoms with E-state index in [0.29, 0.717) is 0 Å². The van der Waals surface area contributed by atoms with Gasteiger partial charge in [0.05, 0.1) is 0 Å². The third kappa shape index (κ3) is 8.12. The SMILES string of the molecule is CCCCCCCN(CC)CC(C)(C)CN. The number of hydrogen-bond donors (Lipinski definition) is 1. The molecule has 0 saturated carbocycles. The highest BCUT2D eigenvalue weighted by atomic mass is 15.1. The van der Waals surface area contributed by atoms with Gasteiger partial charge in [-0.2, -0.15) is 0 Å². The van der Waals surface area contributed by atoms with Gasteiger partial charge in [-0.25, -0.2) is 0 Å². The molecule has 0 aliphatic heterocycles. The third-order valence-corrected chi connectivity index (χ3v) is 3.23. The molecule has 98 valence electrons. The Balaban J connectivity index is 3.67. The quantitative estimate of drug-likeness (QED) is 0.582. The molecule has 0 amide bonds. The van der Waals surface area contributed by atoms with E-state index < -0.39 is 0 Å². The van der Waals surface area contributed by atoms with Crippen LogP contribution < -0.4 is 5.73 Å². The summed E-state index contributed by atoms with van der Waals surface area (Å²) in [5.41, 5.74) is 6.04. The van der Waals surface area contributed by atoms with E-state index in [0.717, 1.165) is 19.6 Å². The molecule has 0 spiro atoms. The van der Waals surface area contributed by atoms with E-state index >= 15 is 0 Å². The van der Waals surface area contributed by atoms with Crippen molar-refractivity contribution in [2.24, 2.45) is 11.1 Å². The molecule has 0 aromatic carbocycles. The fourth-order valence-electron chi connectivity index (χ4n) is 1.96. The predicted octanol–water partition coefficient (Wildman–Crippen LogP) is 3.26. The second-order valence-corrected chi connectivity index (χ2v) is 5.65. The molecule has 0 bridgehead atoms. The summed E-state index contributed by atoms with van der Waals surface area (Å²) in [6.45, 7) is 13.3. The molecule has 0 aliphatic carbocycles. The van der Waals surface area contributed by atoms with Crippen LogP contribution in [0.5, 0.6) is 0 Å². The Morgan fingerprint density at radius 2 is 1.62 bits per heavy atom. The standard InChI is InChI=1S/C14H32N2/c1-5-7-8-9-10-11-16(6-2)13-14(3,4)12-15/h5-13,15H2,1-4H3. The lowest BCUT2D eigenvalue weighted by Gasteiger charge is -2.31. The van der Waals surface area contributed by atoms with Gasteiger partial charge in [0.2, 0.25) is 0 Å². The highest BCUT2D eigenvalue weighted by Crippen LogP contribution is 2.15. The van der Waals surface area contributed by atoms with E-state index in [-0.39, 0.29) is 5.41 Å². The van der Waals surface area contributed by atoms with Gasteiger partial charge in [-0.3, -0.25) is 0 Å². The first-order valence-corrected chi connectivity index (χ1v) is 6.98. The lowest BCUT2D eigenvalue weighted by atomic mass is 9.93. The number of nitrogens with two attached hydrogens (primary N) is 1. The first-order valence-electron chi connectivity index (χ1n) is 6.98. The Bertz CT molecular complexity index is 155. The van der Waals surface area contributed by atoms with Crippen LogP contribution in [0, 0.1) is 5.41 Å². The molecule has 16 heavy (non-hydrogen) atoms. The fraction of sp³-hybridized carbons (Fsp3) is 1.00. The normalized spacial score (nSPS) is 12.4. The number of nitrogens with zero attached hydrogens (tertiary/aromatic N) is 1. The summed E-state index contributed by atoms with van der Waals surface area (Å²) in [6, 6.07) is 0. The second-order valence-electron chi connectivity index (χ2n) is 5.65. The summed E-state index contributed by atoms with van der Waals surface area (Å²) < 4.78 is 0. The summed E-state index contributed by atoms with van der Waals surface area (Å²) in [5, 5.41) is 0. The minimum absolute atomic E-state index is 0.263. The first-order chi connectivity index (χ1) is 7.55. The molecule has 2 N–H and O–H groups in total. The lowest BCUT2D eigenvalue weighted by molar-refractivity contribution is 0.187. The monoisotopic (exact) mass is 228 g/mol. The van der Waals surface area contributed by atoms with E-state index in [9.17, 15) is 0 Å². The van der Waals surface area contributed by atoms with Gasteiger partial charge < -0.3 is 10.6 Å². The van der Waals surface area contributed by atoms with Gasteiger partial charge in [0.25, 0.3) is 0 Å². The molecule has 0 unspecified atom stereocenters. The maximum atomic E-state index is 5.78. The van der Waals surface area contributed by atoms with E-state index in [1.807, 2.05) is 0 Å². The van der Waals surface area contributed by atoms with Crippen LogP contribution in [0.4, 0.5) is 0 Å². The van der Waals surface area contributed by atoms with E-state index in [1.165, 1.54) is 38.6 Å². The van der Waals surface area contributed by atoms with Gasteiger partial charge in [-0.15, -0.1) is 0 Å². The largest absolute Gasteiger partial charge is 0.330 e. The van der Waals surface area contributed by atoms with Crippen LogP contribution in [-0.2, 0) is 0 Å². The molecular formula is C14H32N2. The molecule has 0 heterocycles. The van der Waals surface area contributed by atoms with Crippen molar-refractivity contribution in [3.8, 4) is 0 Å². The minimum atomic E-state index is 0.263. The van der Waals surface area contributed by atoms with Gasteiger partial charge in [0, 0.05) is 6.54 Å². The van der Waals surface area contributed by atoms with Gasteiger partial charge in [-0.1, -0.05) is 53.4 Å². The summed E-state index contributed by atoms with van der Waals surface area (Å²) in [6.07, 6.45) is 6.84. The minimum Gasteiger partial charge on any atom is -0.330 e. The summed E-state index contributed by atoms with van der Waals surface area (Å²) in [4.78, 5) is 2.54. The second kappa shape index (κ2) is 9.00. The molecule has 0 aromatic rings. The maximum Gasteiger partial charge on any atom is 0.00446 e. The van der Waals surface area contributed by atoms with Crippen molar-refractivity contribution in [1.29, 1.82) is 0 Å². The Hall–Kier alpha value is -0.0800. The Labute approximate surface area is 103 Å². The van der Waals surface area contributed by atoms with Crippen molar-refractivity contribution in [3.05, 3.63) is 0 Å². The smallest absolute Gasteiger partial charge is 0.00446 e. The van der Waals surface area contributed by atoms with E-state index in [2.05, 4.69) is 32.6 Å². The molecular weight excluding hydrogens is 196 g/mol. The molecule has 0 aliphatic rings. The molecule has 2 heteroatoms. The van der Waals surface area contributed by atoms with E-state index in [4.69, 9.17) is 5.73 Å². The van der Waals surface area contributed by atoms with Crippen molar-refractivity contribution in [2.45, 2.75) is 59.8 Å². The first kappa shape index (κ1) is 15.9. The highest BCUT2D eigenvalue weighted by Gasteiger charge is 2.18. The van der Waals surface area contributed by atoms with Crippen LogP contribution in [0.25, 0.3) is 0 Å². The zero-order valence-corrected chi connectivity index (χ0v) is 11.9. The maximum absolute atomic E-state index is 5.78. The average molecular weight is 228 g/mol. The van der Waals surface area contributed by atoms with Crippen molar-refractivity contribution >= 4 is 0 Å². The highest BCUT2D eigenvalue weighted by molar-refractivity contribution is 4.74. The van der Waals surface area contributed by atoms with Crippen LogP contribution >= 0.6 is 0 Å². The molecule has 0 atom stereocenters. The Morgan fingerprint density at radius 3 is 2.12 bits per heavy atom. The van der Waals surface area contributed by atoms with Gasteiger partial charge in [0.15, 0.2) is 0 Å². The number of unbranched alkanes of at least 4 members (excludes halogenated alkanes) is 4. The van der Waals surface area contributed by atoms with Crippen LogP contribution in [0.1, 0.15) is 59.8 Å². The molecule has 0 rings (SSSR count). The van der Waals surface area contributed by atoms with Crippen LogP contribution in [0.15, 0.2) is 0 Å². The van der Waals surface area contributed by atoms with Gasteiger partial charge >= 0.3 is 0 Å². The van der Waals surface area contributed by atoms with Crippen molar-refractivity contribution in [1.82, 2.24) is 4.90 Å². The van der Waals surface area contributed by atoms with Crippen LogP contribution in [-0.4, -0.2) is 31.1 Å². The lowest BCUT2D eigenvalue weighted by Crippen LogP contribution is -2.39. The van der Waals surface area contributed by atoms with Gasteiger partial charge in [0.1, 0.15) is 0 Å². The Morgan fingerprint density at radius 1 is 1.00 bits per heavy atom. The average Bonchev–Trinajstić information content (AvgIpc) is 2.27. The van der Waals surface area contributed by atoms with Crippen molar-refractivity contribution < 1.29 is 0 Å². The summed E-state index contributed by atoms with van der Waals surface area (Å²) in [7, 11) is 0. The fourth-order valence-corrected chi connectivity index (χ4v) is 1.96. The van der Waals surface area contributed by atoms with E-state index in [1.54, 1.807) is 0 Å². The van der Waals surface area contributed by atoms with Crippen LogP contribution in [0.3, 0.4) is 0 Å². The molecule has 0 aromatic heterocycles. The van der Waals surface area contributed by atoms with Crippen LogP contribution in [0.2, 0.25) is 0 Å². The Kier molecular flexibility index (Phi) is 8.96. The number of rotatable bonds is 10. The molecule has 0 fully saturated rings. The third-order valence-electron chi connectivity index (χ3n) is 3.23. The van der Waals surface area contributed by atoms with Gasteiger partial charge in [-0.05, 0) is 31.5 Å². The van der Waals surface area contributed by atoms with Crippen molar-refractivity contribution in [3.63, 3.8) is 0 Å². The predicted molar refractivity (Wildman–Crippen MR) is 73.7 cm³/mol. The molecule has 0 radical (unpaired) electrons.